The maximum atomic E-state index is 12.0. The van der Waals surface area contributed by atoms with Gasteiger partial charge in [0.05, 0.1) is 19.0 Å². The highest BCUT2D eigenvalue weighted by molar-refractivity contribution is 6.32. The molecule has 0 aliphatic carbocycles. The molecular formula is C15H18ClN3O2. The molecule has 5 nitrogen and oxygen atoms in total. The fourth-order valence-electron chi connectivity index (χ4n) is 2.00. The molecule has 1 aromatic carbocycles. The molecule has 0 saturated heterocycles. The van der Waals surface area contributed by atoms with E-state index in [1.807, 2.05) is 31.2 Å². The molecule has 112 valence electrons. The number of hydrogen-bond donors (Lipinski definition) is 1. The first-order valence-electron chi connectivity index (χ1n) is 6.78. The van der Waals surface area contributed by atoms with Crippen LogP contribution in [-0.4, -0.2) is 16.9 Å². The summed E-state index contributed by atoms with van der Waals surface area (Å²) >= 11 is 6.11. The summed E-state index contributed by atoms with van der Waals surface area (Å²) in [6.07, 6.45) is 2.41. The van der Waals surface area contributed by atoms with E-state index in [9.17, 15) is 4.79 Å². The Morgan fingerprint density at radius 2 is 2.14 bits per heavy atom. The Labute approximate surface area is 128 Å². The Balaban J connectivity index is 2.17. The predicted octanol–water partition coefficient (Wildman–Crippen LogP) is 2.93. The van der Waals surface area contributed by atoms with Crippen molar-refractivity contribution in [2.45, 2.75) is 26.4 Å². The third kappa shape index (κ3) is 3.55. The molecule has 0 atom stereocenters. The van der Waals surface area contributed by atoms with E-state index in [0.29, 0.717) is 18.8 Å². The van der Waals surface area contributed by atoms with Gasteiger partial charge >= 0.3 is 0 Å². The Morgan fingerprint density at radius 3 is 2.86 bits per heavy atom. The normalized spacial score (nSPS) is 10.4. The summed E-state index contributed by atoms with van der Waals surface area (Å²) in [7, 11) is 1.62. The van der Waals surface area contributed by atoms with E-state index >= 15 is 0 Å². The van der Waals surface area contributed by atoms with Crippen molar-refractivity contribution in [3.8, 4) is 5.75 Å². The highest BCUT2D eigenvalue weighted by Gasteiger charge is 2.09. The zero-order chi connectivity index (χ0) is 15.2. The molecule has 0 radical (unpaired) electrons. The number of methoxy groups -OCH3 is 1. The lowest BCUT2D eigenvalue weighted by Gasteiger charge is -2.12. The van der Waals surface area contributed by atoms with Crippen molar-refractivity contribution in [2.75, 3.05) is 12.4 Å². The Morgan fingerprint density at radius 1 is 1.38 bits per heavy atom. The molecule has 1 aromatic heterocycles. The molecule has 0 bridgehead atoms. The number of aromatic nitrogens is 2. The van der Waals surface area contributed by atoms with Gasteiger partial charge in [0.15, 0.2) is 0 Å². The SMILES string of the molecule is CCCn1ncc(NCc2ccccc2OC)c(Cl)c1=O. The van der Waals surface area contributed by atoms with E-state index in [1.54, 1.807) is 13.3 Å². The van der Waals surface area contributed by atoms with Crippen molar-refractivity contribution in [3.05, 3.63) is 51.4 Å². The van der Waals surface area contributed by atoms with Crippen LogP contribution in [0.15, 0.2) is 35.3 Å². The second-order valence-electron chi connectivity index (χ2n) is 4.57. The number of nitrogens with zero attached hydrogens (tertiary/aromatic N) is 2. The van der Waals surface area contributed by atoms with Gasteiger partial charge in [-0.1, -0.05) is 36.7 Å². The average molecular weight is 308 g/mol. The summed E-state index contributed by atoms with van der Waals surface area (Å²) in [5.74, 6) is 0.786. The van der Waals surface area contributed by atoms with Gasteiger partial charge in [-0.25, -0.2) is 4.68 Å². The predicted molar refractivity (Wildman–Crippen MR) is 84.1 cm³/mol. The Kier molecular flexibility index (Phi) is 5.22. The number of hydrogen-bond acceptors (Lipinski definition) is 4. The molecule has 0 saturated carbocycles. The fraction of sp³-hybridized carbons (Fsp3) is 0.333. The molecule has 0 fully saturated rings. The van der Waals surface area contributed by atoms with Gasteiger partial charge in [0.1, 0.15) is 10.8 Å². The first kappa shape index (κ1) is 15.4. The zero-order valence-electron chi connectivity index (χ0n) is 12.1. The van der Waals surface area contributed by atoms with Gasteiger partial charge in [-0.3, -0.25) is 4.79 Å². The number of ether oxygens (including phenoxy) is 1. The van der Waals surface area contributed by atoms with Gasteiger partial charge in [-0.15, -0.1) is 0 Å². The van der Waals surface area contributed by atoms with E-state index in [0.717, 1.165) is 17.7 Å². The Hall–Kier alpha value is -2.01. The van der Waals surface area contributed by atoms with Crippen LogP contribution in [0.25, 0.3) is 0 Å². The highest BCUT2D eigenvalue weighted by Crippen LogP contribution is 2.21. The molecule has 6 heteroatoms. The lowest BCUT2D eigenvalue weighted by molar-refractivity contribution is 0.410. The van der Waals surface area contributed by atoms with Crippen LogP contribution in [0.4, 0.5) is 5.69 Å². The monoisotopic (exact) mass is 307 g/mol. The second-order valence-corrected chi connectivity index (χ2v) is 4.94. The minimum absolute atomic E-state index is 0.161. The topological polar surface area (TPSA) is 56.1 Å². The van der Waals surface area contributed by atoms with Crippen molar-refractivity contribution in [2.24, 2.45) is 0 Å². The van der Waals surface area contributed by atoms with Crippen molar-refractivity contribution < 1.29 is 4.74 Å². The number of aryl methyl sites for hydroxylation is 1. The van der Waals surface area contributed by atoms with Crippen LogP contribution in [-0.2, 0) is 13.1 Å². The summed E-state index contributed by atoms with van der Waals surface area (Å²) in [6.45, 7) is 3.05. The largest absolute Gasteiger partial charge is 0.496 e. The molecule has 0 aliphatic rings. The number of nitrogens with one attached hydrogen (secondary N) is 1. The average Bonchev–Trinajstić information content (AvgIpc) is 2.51. The fourth-order valence-corrected chi connectivity index (χ4v) is 2.21. The molecule has 0 aliphatic heterocycles. The summed E-state index contributed by atoms with van der Waals surface area (Å²) in [6, 6.07) is 7.67. The lowest BCUT2D eigenvalue weighted by Crippen LogP contribution is -2.24. The Bertz CT molecular complexity index is 670. The zero-order valence-corrected chi connectivity index (χ0v) is 12.9. The maximum Gasteiger partial charge on any atom is 0.287 e. The standard InChI is InChI=1S/C15H18ClN3O2/c1-3-8-19-15(20)14(16)12(10-18-19)17-9-11-6-4-5-7-13(11)21-2/h4-7,10,17H,3,8-9H2,1-2H3. The summed E-state index contributed by atoms with van der Waals surface area (Å²) in [5.41, 5.74) is 1.23. The first-order valence-corrected chi connectivity index (χ1v) is 7.16. The molecule has 0 amide bonds. The minimum Gasteiger partial charge on any atom is -0.496 e. The van der Waals surface area contributed by atoms with Gasteiger partial charge in [0, 0.05) is 18.7 Å². The van der Waals surface area contributed by atoms with Crippen LogP contribution in [0.1, 0.15) is 18.9 Å². The van der Waals surface area contributed by atoms with Crippen LogP contribution in [0.5, 0.6) is 5.75 Å². The third-order valence-electron chi connectivity index (χ3n) is 3.08. The van der Waals surface area contributed by atoms with E-state index in [4.69, 9.17) is 16.3 Å². The molecule has 1 N–H and O–H groups in total. The smallest absolute Gasteiger partial charge is 0.287 e. The van der Waals surface area contributed by atoms with Crippen molar-refractivity contribution in [1.29, 1.82) is 0 Å². The first-order chi connectivity index (χ1) is 10.2. The molecule has 0 unspecified atom stereocenters. The number of anilines is 1. The van der Waals surface area contributed by atoms with Crippen LogP contribution in [0.2, 0.25) is 5.02 Å². The molecular weight excluding hydrogens is 290 g/mol. The van der Waals surface area contributed by atoms with Gasteiger partial charge < -0.3 is 10.1 Å². The van der Waals surface area contributed by atoms with Crippen LogP contribution >= 0.6 is 11.6 Å². The highest BCUT2D eigenvalue weighted by atomic mass is 35.5. The number of rotatable bonds is 6. The second kappa shape index (κ2) is 7.13. The van der Waals surface area contributed by atoms with Crippen LogP contribution in [0.3, 0.4) is 0 Å². The van der Waals surface area contributed by atoms with Gasteiger partial charge in [0.2, 0.25) is 0 Å². The summed E-state index contributed by atoms with van der Waals surface area (Å²) < 4.78 is 6.66. The van der Waals surface area contributed by atoms with Gasteiger partial charge in [0.25, 0.3) is 5.56 Å². The van der Waals surface area contributed by atoms with Crippen LogP contribution < -0.4 is 15.6 Å². The minimum atomic E-state index is -0.274. The summed E-state index contributed by atoms with van der Waals surface area (Å²) in [5, 5.41) is 7.40. The molecule has 21 heavy (non-hydrogen) atoms. The number of halogens is 1. The lowest BCUT2D eigenvalue weighted by atomic mass is 10.2. The van der Waals surface area contributed by atoms with E-state index in [1.165, 1.54) is 4.68 Å². The number of benzene rings is 1. The summed E-state index contributed by atoms with van der Waals surface area (Å²) in [4.78, 5) is 12.0. The molecule has 1 heterocycles. The van der Waals surface area contributed by atoms with Crippen LogP contribution in [0, 0.1) is 0 Å². The molecule has 2 aromatic rings. The van der Waals surface area contributed by atoms with Gasteiger partial charge in [-0.2, -0.15) is 5.10 Å². The van der Waals surface area contributed by atoms with Crippen molar-refractivity contribution in [3.63, 3.8) is 0 Å². The maximum absolute atomic E-state index is 12.0. The van der Waals surface area contributed by atoms with Crippen molar-refractivity contribution in [1.82, 2.24) is 9.78 Å². The molecule has 2 rings (SSSR count). The third-order valence-corrected chi connectivity index (χ3v) is 3.45. The van der Waals surface area contributed by atoms with E-state index in [2.05, 4.69) is 10.4 Å². The molecule has 0 spiro atoms. The number of para-hydroxylation sites is 1. The van der Waals surface area contributed by atoms with Gasteiger partial charge in [-0.05, 0) is 12.5 Å². The van der Waals surface area contributed by atoms with Crippen molar-refractivity contribution >= 4 is 17.3 Å². The quantitative estimate of drug-likeness (QED) is 0.891. The van der Waals surface area contributed by atoms with E-state index < -0.39 is 0 Å². The van der Waals surface area contributed by atoms with E-state index in [-0.39, 0.29) is 10.6 Å².